The van der Waals surface area contributed by atoms with Gasteiger partial charge in [-0.3, -0.25) is 0 Å². The quantitative estimate of drug-likeness (QED) is 0.712. The summed E-state index contributed by atoms with van der Waals surface area (Å²) < 4.78 is 0. The van der Waals surface area contributed by atoms with E-state index in [0.717, 1.165) is 23.9 Å². The summed E-state index contributed by atoms with van der Waals surface area (Å²) >= 11 is 0. The van der Waals surface area contributed by atoms with Gasteiger partial charge in [-0.1, -0.05) is 39.0 Å². The number of hydrogen-bond donors (Lipinski definition) is 1. The van der Waals surface area contributed by atoms with Gasteiger partial charge in [0.25, 0.3) is 0 Å². The van der Waals surface area contributed by atoms with Gasteiger partial charge in [0.2, 0.25) is 0 Å². The number of hydrogen-bond acceptors (Lipinski definition) is 1. The van der Waals surface area contributed by atoms with Crippen molar-refractivity contribution in [2.45, 2.75) is 70.9 Å². The van der Waals surface area contributed by atoms with E-state index >= 15 is 0 Å². The van der Waals surface area contributed by atoms with Crippen LogP contribution in [0.4, 0.5) is 0 Å². The summed E-state index contributed by atoms with van der Waals surface area (Å²) in [6.45, 7) is 4.69. The first-order valence-electron chi connectivity index (χ1n) is 6.57. The molecule has 0 spiro atoms. The van der Waals surface area contributed by atoms with Crippen LogP contribution in [0.1, 0.15) is 58.8 Å². The first-order valence-corrected chi connectivity index (χ1v) is 6.57. The summed E-state index contributed by atoms with van der Waals surface area (Å²) in [5.41, 5.74) is 0. The van der Waals surface area contributed by atoms with Crippen LogP contribution in [0, 0.1) is 11.8 Å². The van der Waals surface area contributed by atoms with Gasteiger partial charge in [0.05, 0.1) is 0 Å². The molecule has 1 N–H and O–H groups in total. The van der Waals surface area contributed by atoms with Crippen molar-refractivity contribution >= 4 is 0 Å². The first-order chi connectivity index (χ1) is 6.81. The minimum Gasteiger partial charge on any atom is -0.311 e. The Bertz CT molecular complexity index is 172. The van der Waals surface area contributed by atoms with Gasteiger partial charge in [-0.25, -0.2) is 0 Å². The topological polar surface area (TPSA) is 12.0 Å². The van der Waals surface area contributed by atoms with E-state index in [1.165, 1.54) is 44.9 Å². The third kappa shape index (κ3) is 2.13. The summed E-state index contributed by atoms with van der Waals surface area (Å²) in [5, 5.41) is 3.75. The lowest BCUT2D eigenvalue weighted by molar-refractivity contribution is 0.225. The number of nitrogens with one attached hydrogen (secondary N) is 1. The van der Waals surface area contributed by atoms with Crippen molar-refractivity contribution in [2.75, 3.05) is 0 Å². The average molecular weight is 195 g/mol. The monoisotopic (exact) mass is 195 g/mol. The van der Waals surface area contributed by atoms with Gasteiger partial charge < -0.3 is 5.32 Å². The summed E-state index contributed by atoms with van der Waals surface area (Å²) in [7, 11) is 0. The molecular weight excluding hydrogens is 170 g/mol. The van der Waals surface area contributed by atoms with Gasteiger partial charge in [0.15, 0.2) is 0 Å². The molecular formula is C13H25N. The van der Waals surface area contributed by atoms with E-state index in [1.54, 1.807) is 0 Å². The molecule has 2 rings (SSSR count). The predicted molar refractivity (Wildman–Crippen MR) is 61.4 cm³/mol. The molecule has 1 saturated heterocycles. The van der Waals surface area contributed by atoms with Crippen molar-refractivity contribution in [2.24, 2.45) is 11.8 Å². The molecule has 0 aromatic rings. The van der Waals surface area contributed by atoms with E-state index in [1.807, 2.05) is 0 Å². The standard InChI is InChI=1S/C13H25N/c1-3-13-12(9-10(2)14-13)11-7-5-4-6-8-11/h10-14H,3-9H2,1-2H3. The Morgan fingerprint density at radius 1 is 1.14 bits per heavy atom. The zero-order valence-electron chi connectivity index (χ0n) is 9.76. The third-order valence-electron chi connectivity index (χ3n) is 4.34. The van der Waals surface area contributed by atoms with Gasteiger partial charge in [-0.05, 0) is 31.6 Å². The Labute approximate surface area is 88.7 Å². The second-order valence-corrected chi connectivity index (χ2v) is 5.38. The van der Waals surface area contributed by atoms with Gasteiger partial charge in [0, 0.05) is 12.1 Å². The van der Waals surface area contributed by atoms with Crippen LogP contribution in [0.5, 0.6) is 0 Å². The lowest BCUT2D eigenvalue weighted by Crippen LogP contribution is -2.32. The maximum Gasteiger partial charge on any atom is 0.00984 e. The van der Waals surface area contributed by atoms with Crippen LogP contribution in [0.2, 0.25) is 0 Å². The molecule has 0 bridgehead atoms. The highest BCUT2D eigenvalue weighted by Gasteiger charge is 2.35. The third-order valence-corrected chi connectivity index (χ3v) is 4.34. The first kappa shape index (κ1) is 10.5. The second kappa shape index (κ2) is 4.65. The molecule has 14 heavy (non-hydrogen) atoms. The van der Waals surface area contributed by atoms with E-state index in [2.05, 4.69) is 19.2 Å². The number of rotatable bonds is 2. The van der Waals surface area contributed by atoms with Crippen LogP contribution < -0.4 is 5.32 Å². The van der Waals surface area contributed by atoms with Crippen LogP contribution in [0.3, 0.4) is 0 Å². The summed E-state index contributed by atoms with van der Waals surface area (Å²) in [6, 6.07) is 1.60. The molecule has 1 saturated carbocycles. The lowest BCUT2D eigenvalue weighted by atomic mass is 9.76. The Morgan fingerprint density at radius 3 is 2.50 bits per heavy atom. The van der Waals surface area contributed by atoms with E-state index in [4.69, 9.17) is 0 Å². The lowest BCUT2D eigenvalue weighted by Gasteiger charge is -2.30. The molecule has 3 unspecified atom stereocenters. The molecule has 1 heteroatoms. The minimum atomic E-state index is 0.770. The van der Waals surface area contributed by atoms with Crippen LogP contribution in [0.15, 0.2) is 0 Å². The van der Waals surface area contributed by atoms with Crippen molar-refractivity contribution in [3.05, 3.63) is 0 Å². The SMILES string of the molecule is CCC1NC(C)CC1C1CCCCC1. The highest BCUT2D eigenvalue weighted by Crippen LogP contribution is 2.37. The molecule has 1 aliphatic heterocycles. The van der Waals surface area contributed by atoms with Crippen LogP contribution >= 0.6 is 0 Å². The summed E-state index contributed by atoms with van der Waals surface area (Å²) in [6.07, 6.45) is 10.3. The van der Waals surface area contributed by atoms with Crippen molar-refractivity contribution in [3.63, 3.8) is 0 Å². The van der Waals surface area contributed by atoms with Crippen LogP contribution in [-0.2, 0) is 0 Å². The average Bonchev–Trinajstić information content (AvgIpc) is 2.61. The smallest absolute Gasteiger partial charge is 0.00984 e. The molecule has 2 aliphatic rings. The maximum atomic E-state index is 3.75. The van der Waals surface area contributed by atoms with Crippen molar-refractivity contribution < 1.29 is 0 Å². The van der Waals surface area contributed by atoms with E-state index in [0.29, 0.717) is 0 Å². The molecule has 0 radical (unpaired) electrons. The minimum absolute atomic E-state index is 0.770. The van der Waals surface area contributed by atoms with Crippen molar-refractivity contribution in [1.29, 1.82) is 0 Å². The van der Waals surface area contributed by atoms with Crippen molar-refractivity contribution in [1.82, 2.24) is 5.32 Å². The molecule has 3 atom stereocenters. The maximum absolute atomic E-state index is 3.75. The molecule has 0 aromatic carbocycles. The highest BCUT2D eigenvalue weighted by atomic mass is 15.0. The molecule has 1 nitrogen and oxygen atoms in total. The molecule has 0 aromatic heterocycles. The van der Waals surface area contributed by atoms with Crippen LogP contribution in [0.25, 0.3) is 0 Å². The second-order valence-electron chi connectivity index (χ2n) is 5.38. The normalized spacial score (nSPS) is 40.3. The predicted octanol–water partition coefficient (Wildman–Crippen LogP) is 3.34. The molecule has 2 fully saturated rings. The summed E-state index contributed by atoms with van der Waals surface area (Å²) in [5.74, 6) is 2.04. The van der Waals surface area contributed by atoms with Crippen LogP contribution in [-0.4, -0.2) is 12.1 Å². The fourth-order valence-corrected chi connectivity index (χ4v) is 3.63. The zero-order chi connectivity index (χ0) is 9.97. The van der Waals surface area contributed by atoms with Gasteiger partial charge in [-0.15, -0.1) is 0 Å². The highest BCUT2D eigenvalue weighted by molar-refractivity contribution is 4.92. The Hall–Kier alpha value is -0.0400. The van der Waals surface area contributed by atoms with E-state index in [-0.39, 0.29) is 0 Å². The Balaban J connectivity index is 1.94. The van der Waals surface area contributed by atoms with Crippen molar-refractivity contribution in [3.8, 4) is 0 Å². The van der Waals surface area contributed by atoms with E-state index < -0.39 is 0 Å². The molecule has 1 aliphatic carbocycles. The van der Waals surface area contributed by atoms with Gasteiger partial charge >= 0.3 is 0 Å². The fourth-order valence-electron chi connectivity index (χ4n) is 3.63. The summed E-state index contributed by atoms with van der Waals surface area (Å²) in [4.78, 5) is 0. The molecule has 82 valence electrons. The molecule has 0 amide bonds. The zero-order valence-corrected chi connectivity index (χ0v) is 9.76. The van der Waals surface area contributed by atoms with Gasteiger partial charge in [0.1, 0.15) is 0 Å². The van der Waals surface area contributed by atoms with Gasteiger partial charge in [-0.2, -0.15) is 0 Å². The molecule has 1 heterocycles. The Kier molecular flexibility index (Phi) is 3.48. The van der Waals surface area contributed by atoms with E-state index in [9.17, 15) is 0 Å². The largest absolute Gasteiger partial charge is 0.311 e. The fraction of sp³-hybridized carbons (Fsp3) is 1.00. The Morgan fingerprint density at radius 2 is 1.86 bits per heavy atom.